The molecule has 0 aliphatic carbocycles. The highest BCUT2D eigenvalue weighted by Crippen LogP contribution is 2.08. The van der Waals surface area contributed by atoms with E-state index in [1.807, 2.05) is 54.6 Å². The van der Waals surface area contributed by atoms with E-state index in [1.54, 1.807) is 4.90 Å². The van der Waals surface area contributed by atoms with E-state index in [1.165, 1.54) is 9.80 Å². The van der Waals surface area contributed by atoms with Gasteiger partial charge in [0, 0.05) is 32.7 Å². The molecule has 0 bridgehead atoms. The Labute approximate surface area is 295 Å². The largest absolute Gasteiger partial charge is 0.480 e. The van der Waals surface area contributed by atoms with Gasteiger partial charge in [-0.25, -0.2) is 5.48 Å². The van der Waals surface area contributed by atoms with Crippen LogP contribution in [-0.4, -0.2) is 142 Å². The molecule has 0 saturated carbocycles. The number of benzene rings is 2. The van der Waals surface area contributed by atoms with Crippen LogP contribution in [0.3, 0.4) is 0 Å². The maximum atomic E-state index is 12.9. The van der Waals surface area contributed by atoms with Crippen molar-refractivity contribution in [2.24, 2.45) is 5.73 Å². The van der Waals surface area contributed by atoms with Crippen LogP contribution < -0.4 is 16.5 Å². The summed E-state index contributed by atoms with van der Waals surface area (Å²) in [5.41, 5.74) is 11.3. The summed E-state index contributed by atoms with van der Waals surface area (Å²) in [7, 11) is 0. The van der Waals surface area contributed by atoms with Crippen molar-refractivity contribution in [3.63, 3.8) is 0 Å². The van der Waals surface area contributed by atoms with Gasteiger partial charge >= 0.3 is 23.9 Å². The summed E-state index contributed by atoms with van der Waals surface area (Å²) < 4.78 is 0. The van der Waals surface area contributed by atoms with E-state index in [-0.39, 0.29) is 45.2 Å². The normalized spacial score (nSPS) is 11.8. The van der Waals surface area contributed by atoms with Crippen molar-refractivity contribution in [3.8, 4) is 0 Å². The predicted molar refractivity (Wildman–Crippen MR) is 183 cm³/mol. The van der Waals surface area contributed by atoms with Crippen LogP contribution in [0.1, 0.15) is 29.5 Å². The van der Waals surface area contributed by atoms with Gasteiger partial charge in [0.25, 0.3) is 5.91 Å². The number of nitrogens with zero attached hydrogens (tertiary/aromatic N) is 3. The molecule has 2 aromatic rings. The van der Waals surface area contributed by atoms with Gasteiger partial charge in [-0.2, -0.15) is 0 Å². The first kappa shape index (κ1) is 42.2. The average Bonchev–Trinajstić information content (AvgIpc) is 3.07. The maximum Gasteiger partial charge on any atom is 0.317 e. The fourth-order valence-corrected chi connectivity index (χ4v) is 4.96. The van der Waals surface area contributed by atoms with Crippen molar-refractivity contribution < 1.29 is 54.0 Å². The van der Waals surface area contributed by atoms with Crippen molar-refractivity contribution in [2.45, 2.75) is 38.3 Å². The molecule has 0 saturated heterocycles. The number of carboxylic acid groups (broad SMARTS) is 4. The van der Waals surface area contributed by atoms with Crippen LogP contribution in [0.5, 0.6) is 0 Å². The number of rotatable bonds is 27. The second-order valence-corrected chi connectivity index (χ2v) is 11.9. The minimum absolute atomic E-state index is 0.0229. The summed E-state index contributed by atoms with van der Waals surface area (Å²) in [4.78, 5) is 79.1. The predicted octanol–water partition coefficient (Wildman–Crippen LogP) is -0.512. The Morgan fingerprint density at radius 1 is 0.627 bits per heavy atom. The third-order valence-corrected chi connectivity index (χ3v) is 7.59. The SMILES string of the molecule is N[C@H](CCc1ccccc1)C(=O)NOCCCc1ccc(CNC(=O)CN(CCN(CC(=O)O)CC(=O)O)CCN(CC(=O)O)CC(=O)O)cc1. The van der Waals surface area contributed by atoms with Gasteiger partial charge in [-0.15, -0.1) is 0 Å². The van der Waals surface area contributed by atoms with Crippen molar-refractivity contribution in [1.29, 1.82) is 0 Å². The summed E-state index contributed by atoms with van der Waals surface area (Å²) in [5.74, 6) is -5.69. The number of hydroxylamine groups is 1. The number of nitrogens with two attached hydrogens (primary N) is 1. The molecule has 0 heterocycles. The van der Waals surface area contributed by atoms with Crippen LogP contribution in [-0.2, 0) is 53.0 Å². The molecule has 51 heavy (non-hydrogen) atoms. The minimum Gasteiger partial charge on any atom is -0.480 e. The van der Waals surface area contributed by atoms with Gasteiger partial charge < -0.3 is 31.5 Å². The van der Waals surface area contributed by atoms with Crippen molar-refractivity contribution in [1.82, 2.24) is 25.5 Å². The maximum absolute atomic E-state index is 12.9. The Balaban J connectivity index is 1.82. The average molecular weight is 717 g/mol. The zero-order chi connectivity index (χ0) is 37.6. The number of aliphatic carboxylic acids is 4. The van der Waals surface area contributed by atoms with Gasteiger partial charge in [0.15, 0.2) is 0 Å². The Bertz CT molecular complexity index is 1340. The fourth-order valence-electron chi connectivity index (χ4n) is 4.96. The van der Waals surface area contributed by atoms with E-state index >= 15 is 0 Å². The first-order valence-corrected chi connectivity index (χ1v) is 16.4. The molecular formula is C34H48N6O11. The second kappa shape index (κ2) is 23.5. The molecule has 2 amide bonds. The van der Waals surface area contributed by atoms with Gasteiger partial charge in [0.2, 0.25) is 5.91 Å². The Kier molecular flexibility index (Phi) is 19.4. The number of carbonyl (C=O) groups excluding carboxylic acids is 2. The minimum atomic E-state index is -1.23. The molecule has 0 unspecified atom stereocenters. The quantitative estimate of drug-likeness (QED) is 0.0454. The molecule has 0 fully saturated rings. The standard InChI is InChI=1S/C34H48N6O11/c35-28(13-12-25-5-2-1-3-6-25)34(50)37-51-18-4-7-26-8-10-27(11-9-26)19-36-29(41)20-38(14-16-39(21-30(42)43)22-31(44)45)15-17-40(23-32(46)47)24-33(48)49/h1-3,5-6,8-11,28H,4,7,12-24,35H2,(H,36,41)(H,37,50)(H,42,43)(H,44,45)(H,46,47)(H,48,49)/t28-/m1/s1. The first-order valence-electron chi connectivity index (χ1n) is 16.4. The molecule has 0 aliphatic rings. The summed E-state index contributed by atoms with van der Waals surface area (Å²) >= 11 is 0. The van der Waals surface area contributed by atoms with Crippen LogP contribution in [0.2, 0.25) is 0 Å². The van der Waals surface area contributed by atoms with E-state index < -0.39 is 62.0 Å². The molecule has 1 atom stereocenters. The smallest absolute Gasteiger partial charge is 0.317 e. The lowest BCUT2D eigenvalue weighted by atomic mass is 10.1. The number of aryl methyl sites for hydroxylation is 2. The van der Waals surface area contributed by atoms with E-state index in [2.05, 4.69) is 10.8 Å². The topological polar surface area (TPSA) is 252 Å². The molecule has 17 nitrogen and oxygen atoms in total. The van der Waals surface area contributed by atoms with E-state index in [9.17, 15) is 28.8 Å². The molecule has 2 aromatic carbocycles. The van der Waals surface area contributed by atoms with Crippen molar-refractivity contribution >= 4 is 35.7 Å². The molecule has 0 radical (unpaired) electrons. The summed E-state index contributed by atoms with van der Waals surface area (Å²) in [6.07, 6.45) is 2.50. The second-order valence-electron chi connectivity index (χ2n) is 11.9. The highest BCUT2D eigenvalue weighted by atomic mass is 16.6. The zero-order valence-electron chi connectivity index (χ0n) is 28.4. The molecule has 0 aromatic heterocycles. The van der Waals surface area contributed by atoms with Crippen LogP contribution >= 0.6 is 0 Å². The molecule has 280 valence electrons. The monoisotopic (exact) mass is 716 g/mol. The highest BCUT2D eigenvalue weighted by Gasteiger charge is 2.20. The van der Waals surface area contributed by atoms with E-state index in [4.69, 9.17) is 31.0 Å². The lowest BCUT2D eigenvalue weighted by Crippen LogP contribution is -2.47. The Morgan fingerprint density at radius 3 is 1.61 bits per heavy atom. The molecule has 0 spiro atoms. The van der Waals surface area contributed by atoms with Crippen LogP contribution in [0.15, 0.2) is 54.6 Å². The summed E-state index contributed by atoms with van der Waals surface area (Å²) in [5, 5.41) is 39.3. The lowest BCUT2D eigenvalue weighted by molar-refractivity contribution is -0.143. The third-order valence-electron chi connectivity index (χ3n) is 7.59. The van der Waals surface area contributed by atoms with Gasteiger partial charge in [-0.3, -0.25) is 48.3 Å². The lowest BCUT2D eigenvalue weighted by Gasteiger charge is -2.28. The molecule has 17 heteroatoms. The zero-order valence-corrected chi connectivity index (χ0v) is 28.4. The third kappa shape index (κ3) is 19.7. The summed E-state index contributed by atoms with van der Waals surface area (Å²) in [6, 6.07) is 16.6. The number of hydrogen-bond donors (Lipinski definition) is 7. The first-order chi connectivity index (χ1) is 24.3. The fraction of sp³-hybridized carbons (Fsp3) is 0.471. The van der Waals surface area contributed by atoms with Gasteiger partial charge in [0.05, 0.1) is 45.4 Å². The van der Waals surface area contributed by atoms with Crippen molar-refractivity contribution in [2.75, 3.05) is 65.5 Å². The number of amides is 2. The number of carbonyl (C=O) groups is 6. The van der Waals surface area contributed by atoms with Crippen LogP contribution in [0.4, 0.5) is 0 Å². The van der Waals surface area contributed by atoms with Crippen molar-refractivity contribution in [3.05, 3.63) is 71.3 Å². The number of hydrogen-bond acceptors (Lipinski definition) is 11. The van der Waals surface area contributed by atoms with Gasteiger partial charge in [-0.1, -0.05) is 54.6 Å². The van der Waals surface area contributed by atoms with Gasteiger partial charge in [0.1, 0.15) is 0 Å². The molecule has 0 aliphatic heterocycles. The van der Waals surface area contributed by atoms with Crippen LogP contribution in [0, 0.1) is 0 Å². The molecular weight excluding hydrogens is 668 g/mol. The van der Waals surface area contributed by atoms with E-state index in [0.29, 0.717) is 32.3 Å². The highest BCUT2D eigenvalue weighted by molar-refractivity contribution is 5.80. The number of carboxylic acids is 4. The molecule has 2 rings (SSSR count). The Morgan fingerprint density at radius 2 is 1.10 bits per heavy atom. The molecule has 8 N–H and O–H groups in total. The van der Waals surface area contributed by atoms with Gasteiger partial charge in [-0.05, 0) is 42.4 Å². The summed E-state index contributed by atoms with van der Waals surface area (Å²) in [6.45, 7) is -1.79. The van der Waals surface area contributed by atoms with E-state index in [0.717, 1.165) is 16.7 Å². The number of nitrogens with one attached hydrogen (secondary N) is 2. The Hall–Kier alpha value is -4.94. The van der Waals surface area contributed by atoms with Crippen LogP contribution in [0.25, 0.3) is 0 Å².